The standard InChI is InChI=1S/C24H27N5OS/c30-24(29-11-1-2-12-29)16-8-13-28(14-9-16)22-20-18-6-3-7-19(18)31-23(20)27-21(26-22)17-5-4-10-25-15-17/h4-5,10,15-16H,1-3,6-9,11-14H2. The summed E-state index contributed by atoms with van der Waals surface area (Å²) in [5, 5.41) is 1.26. The van der Waals surface area contributed by atoms with Gasteiger partial charge < -0.3 is 9.80 Å². The number of amides is 1. The predicted octanol–water partition coefficient (Wildman–Crippen LogP) is 4.08. The number of carbonyl (C=O) groups is 1. The van der Waals surface area contributed by atoms with Crippen molar-refractivity contribution in [1.29, 1.82) is 0 Å². The molecule has 6 rings (SSSR count). The van der Waals surface area contributed by atoms with E-state index in [1.165, 1.54) is 22.2 Å². The van der Waals surface area contributed by atoms with Crippen LogP contribution in [0.25, 0.3) is 21.6 Å². The van der Waals surface area contributed by atoms with E-state index in [2.05, 4.69) is 14.8 Å². The number of hydrogen-bond acceptors (Lipinski definition) is 6. The lowest BCUT2D eigenvalue weighted by molar-refractivity contribution is -0.135. The third-order valence-corrected chi connectivity index (χ3v) is 8.21. The molecule has 0 aromatic carbocycles. The van der Waals surface area contributed by atoms with Crippen LogP contribution >= 0.6 is 11.3 Å². The number of likely N-dealkylation sites (tertiary alicyclic amines) is 1. The average molecular weight is 434 g/mol. The minimum Gasteiger partial charge on any atom is -0.356 e. The summed E-state index contributed by atoms with van der Waals surface area (Å²) in [6, 6.07) is 3.96. The summed E-state index contributed by atoms with van der Waals surface area (Å²) in [4.78, 5) is 34.2. The van der Waals surface area contributed by atoms with Crippen LogP contribution in [-0.2, 0) is 17.6 Å². The molecular formula is C24H27N5OS. The maximum absolute atomic E-state index is 12.9. The highest BCUT2D eigenvalue weighted by atomic mass is 32.1. The van der Waals surface area contributed by atoms with Gasteiger partial charge in [-0.2, -0.15) is 0 Å². The molecule has 0 N–H and O–H groups in total. The summed E-state index contributed by atoms with van der Waals surface area (Å²) in [7, 11) is 0. The van der Waals surface area contributed by atoms with Crippen LogP contribution in [0.4, 0.5) is 5.82 Å². The second-order valence-electron chi connectivity index (χ2n) is 8.94. The number of hydrogen-bond donors (Lipinski definition) is 0. The van der Waals surface area contributed by atoms with Gasteiger partial charge in [0.2, 0.25) is 5.91 Å². The number of thiophene rings is 1. The van der Waals surface area contributed by atoms with Crippen LogP contribution < -0.4 is 4.90 Å². The van der Waals surface area contributed by atoms with Crippen LogP contribution in [0.5, 0.6) is 0 Å². The van der Waals surface area contributed by atoms with Gasteiger partial charge in [-0.1, -0.05) is 0 Å². The van der Waals surface area contributed by atoms with E-state index in [4.69, 9.17) is 9.97 Å². The molecule has 1 aliphatic carbocycles. The highest BCUT2D eigenvalue weighted by Gasteiger charge is 2.32. The molecule has 0 unspecified atom stereocenters. The summed E-state index contributed by atoms with van der Waals surface area (Å²) in [6.45, 7) is 3.66. The fourth-order valence-corrected chi connectivity index (χ4v) is 6.62. The maximum atomic E-state index is 12.9. The molecule has 7 heteroatoms. The van der Waals surface area contributed by atoms with Gasteiger partial charge in [0.1, 0.15) is 10.6 Å². The molecule has 1 amide bonds. The van der Waals surface area contributed by atoms with Gasteiger partial charge >= 0.3 is 0 Å². The van der Waals surface area contributed by atoms with E-state index in [0.29, 0.717) is 5.91 Å². The zero-order valence-electron chi connectivity index (χ0n) is 17.7. The Bertz CT molecular complexity index is 1110. The SMILES string of the molecule is O=C(C1CCN(c2nc(-c3cccnc3)nc3sc4c(c23)CCC4)CC1)N1CCCC1. The first-order valence-corrected chi connectivity index (χ1v) is 12.4. The molecule has 31 heavy (non-hydrogen) atoms. The van der Waals surface area contributed by atoms with E-state index >= 15 is 0 Å². The first kappa shape index (κ1) is 19.2. The summed E-state index contributed by atoms with van der Waals surface area (Å²) < 4.78 is 0. The van der Waals surface area contributed by atoms with Gasteiger partial charge in [0.05, 0.1) is 5.39 Å². The van der Waals surface area contributed by atoms with Gasteiger partial charge in [0.15, 0.2) is 5.82 Å². The minimum atomic E-state index is 0.165. The number of pyridine rings is 1. The van der Waals surface area contributed by atoms with Crippen molar-refractivity contribution in [3.8, 4) is 11.4 Å². The van der Waals surface area contributed by atoms with Crippen LogP contribution in [0.1, 0.15) is 42.5 Å². The summed E-state index contributed by atoms with van der Waals surface area (Å²) in [6.07, 6.45) is 11.3. The fraction of sp³-hybridized carbons (Fsp3) is 0.500. The monoisotopic (exact) mass is 433 g/mol. The second kappa shape index (κ2) is 7.86. The van der Waals surface area contributed by atoms with Crippen LogP contribution in [-0.4, -0.2) is 51.9 Å². The van der Waals surface area contributed by atoms with Crippen LogP contribution in [0, 0.1) is 5.92 Å². The van der Waals surface area contributed by atoms with Gasteiger partial charge in [-0.15, -0.1) is 11.3 Å². The number of nitrogens with zero attached hydrogens (tertiary/aromatic N) is 5. The normalized spacial score (nSPS) is 19.4. The summed E-state index contributed by atoms with van der Waals surface area (Å²) in [5.74, 6) is 2.36. The number of carbonyl (C=O) groups excluding carboxylic acids is 1. The lowest BCUT2D eigenvalue weighted by Crippen LogP contribution is -2.42. The largest absolute Gasteiger partial charge is 0.356 e. The minimum absolute atomic E-state index is 0.165. The Morgan fingerprint density at radius 2 is 1.87 bits per heavy atom. The summed E-state index contributed by atoms with van der Waals surface area (Å²) >= 11 is 1.84. The highest BCUT2D eigenvalue weighted by molar-refractivity contribution is 7.19. The first-order valence-electron chi connectivity index (χ1n) is 11.5. The van der Waals surface area contributed by atoms with Crippen LogP contribution in [0.15, 0.2) is 24.5 Å². The zero-order valence-corrected chi connectivity index (χ0v) is 18.5. The molecule has 0 bridgehead atoms. The van der Waals surface area contributed by atoms with E-state index in [-0.39, 0.29) is 5.92 Å². The molecule has 6 nitrogen and oxygen atoms in total. The van der Waals surface area contributed by atoms with Gasteiger partial charge in [-0.3, -0.25) is 9.78 Å². The maximum Gasteiger partial charge on any atom is 0.225 e. The first-order chi connectivity index (χ1) is 15.3. The summed E-state index contributed by atoms with van der Waals surface area (Å²) in [5.41, 5.74) is 2.42. The van der Waals surface area contributed by atoms with Crippen molar-refractivity contribution < 1.29 is 4.79 Å². The molecule has 3 aromatic rings. The quantitative estimate of drug-likeness (QED) is 0.623. The van der Waals surface area contributed by atoms with Crippen molar-refractivity contribution in [3.63, 3.8) is 0 Å². The average Bonchev–Trinajstić information content (AvgIpc) is 3.56. The molecule has 2 saturated heterocycles. The van der Waals surface area contributed by atoms with Crippen molar-refractivity contribution in [2.45, 2.75) is 44.9 Å². The Labute approximate surface area is 186 Å². The van der Waals surface area contributed by atoms with Gasteiger partial charge in [-0.05, 0) is 62.6 Å². The van der Waals surface area contributed by atoms with Crippen molar-refractivity contribution in [3.05, 3.63) is 35.0 Å². The van der Waals surface area contributed by atoms with E-state index < -0.39 is 0 Å². The lowest BCUT2D eigenvalue weighted by atomic mass is 9.95. The molecule has 0 atom stereocenters. The van der Waals surface area contributed by atoms with Crippen molar-refractivity contribution in [1.82, 2.24) is 19.9 Å². The van der Waals surface area contributed by atoms with E-state index in [9.17, 15) is 4.79 Å². The lowest BCUT2D eigenvalue weighted by Gasteiger charge is -2.34. The van der Waals surface area contributed by atoms with Crippen LogP contribution in [0.3, 0.4) is 0 Å². The zero-order chi connectivity index (χ0) is 20.8. The number of piperidine rings is 1. The number of anilines is 1. The van der Waals surface area contributed by atoms with E-state index in [1.54, 1.807) is 6.20 Å². The Morgan fingerprint density at radius 1 is 1.03 bits per heavy atom. The molecule has 5 heterocycles. The molecule has 0 radical (unpaired) electrons. The van der Waals surface area contributed by atoms with E-state index in [0.717, 1.165) is 86.7 Å². The van der Waals surface area contributed by atoms with E-state index in [1.807, 2.05) is 29.7 Å². The third kappa shape index (κ3) is 3.39. The third-order valence-electron chi connectivity index (χ3n) is 7.03. The van der Waals surface area contributed by atoms with Gasteiger partial charge in [-0.25, -0.2) is 9.97 Å². The Kier molecular flexibility index (Phi) is 4.86. The van der Waals surface area contributed by atoms with Gasteiger partial charge in [0.25, 0.3) is 0 Å². The molecule has 2 aliphatic heterocycles. The van der Waals surface area contributed by atoms with Crippen molar-refractivity contribution in [2.75, 3.05) is 31.1 Å². The number of rotatable bonds is 3. The number of fused-ring (bicyclic) bond motifs is 3. The molecular weight excluding hydrogens is 406 g/mol. The molecule has 0 saturated carbocycles. The Hall–Kier alpha value is -2.54. The number of aryl methyl sites for hydroxylation is 2. The second-order valence-corrected chi connectivity index (χ2v) is 10.0. The highest BCUT2D eigenvalue weighted by Crippen LogP contribution is 2.42. The smallest absolute Gasteiger partial charge is 0.225 e. The van der Waals surface area contributed by atoms with Gasteiger partial charge in [0, 0.05) is 54.9 Å². The predicted molar refractivity (Wildman–Crippen MR) is 123 cm³/mol. The van der Waals surface area contributed by atoms with Crippen molar-refractivity contribution in [2.24, 2.45) is 5.92 Å². The molecule has 3 aromatic heterocycles. The Morgan fingerprint density at radius 3 is 2.65 bits per heavy atom. The molecule has 3 aliphatic rings. The van der Waals surface area contributed by atoms with Crippen molar-refractivity contribution >= 4 is 33.3 Å². The van der Waals surface area contributed by atoms with Crippen LogP contribution in [0.2, 0.25) is 0 Å². The molecule has 2 fully saturated rings. The topological polar surface area (TPSA) is 62.2 Å². The fourth-order valence-electron chi connectivity index (χ4n) is 5.36. The Balaban J connectivity index is 1.33. The molecule has 160 valence electrons. The molecule has 0 spiro atoms. The number of aromatic nitrogens is 3.